The number of hydrogen-bond donors (Lipinski definition) is 2. The van der Waals surface area contributed by atoms with Gasteiger partial charge in [-0.25, -0.2) is 0 Å². The van der Waals surface area contributed by atoms with Gasteiger partial charge in [-0.05, 0) is 44.1 Å². The number of nitrogens with two attached hydrogens (primary N) is 1. The zero-order valence-electron chi connectivity index (χ0n) is 12.9. The fraction of sp³-hybridized carbons (Fsp3) is 0.688. The smallest absolute Gasteiger partial charge is 0.269 e. The fourth-order valence-electron chi connectivity index (χ4n) is 3.77. The van der Waals surface area contributed by atoms with Gasteiger partial charge in [-0.3, -0.25) is 14.7 Å². The Bertz CT molecular complexity index is 548. The van der Waals surface area contributed by atoms with E-state index in [4.69, 9.17) is 5.73 Å². The summed E-state index contributed by atoms with van der Waals surface area (Å²) < 4.78 is 0. The average Bonchev–Trinajstić information content (AvgIpc) is 3.18. The summed E-state index contributed by atoms with van der Waals surface area (Å²) in [6.45, 7) is 0.793. The number of aromatic amines is 1. The Morgan fingerprint density at radius 3 is 2.64 bits per heavy atom. The molecule has 2 amide bonds. The predicted octanol–water partition coefficient (Wildman–Crippen LogP) is 2.14. The first-order valence-corrected chi connectivity index (χ1v) is 8.29. The predicted molar refractivity (Wildman–Crippen MR) is 82.0 cm³/mol. The van der Waals surface area contributed by atoms with Crippen molar-refractivity contribution in [3.63, 3.8) is 0 Å². The SMILES string of the molecule is NC(=O)c1cc(C2CCCCN2C(=O)CC2CCCC2)[nH]n1. The molecule has 0 aromatic carbocycles. The Balaban J connectivity index is 1.72. The molecule has 120 valence electrons. The van der Waals surface area contributed by atoms with Gasteiger partial charge in [-0.1, -0.05) is 12.8 Å². The summed E-state index contributed by atoms with van der Waals surface area (Å²) in [5.74, 6) is 0.256. The maximum Gasteiger partial charge on any atom is 0.269 e. The van der Waals surface area contributed by atoms with Crippen molar-refractivity contribution in [2.45, 2.75) is 57.4 Å². The van der Waals surface area contributed by atoms with Crippen LogP contribution in [-0.4, -0.2) is 33.5 Å². The number of rotatable bonds is 4. The van der Waals surface area contributed by atoms with Gasteiger partial charge in [0.15, 0.2) is 0 Å². The number of aromatic nitrogens is 2. The largest absolute Gasteiger partial charge is 0.364 e. The van der Waals surface area contributed by atoms with Gasteiger partial charge in [-0.15, -0.1) is 0 Å². The van der Waals surface area contributed by atoms with Crippen molar-refractivity contribution < 1.29 is 9.59 Å². The minimum atomic E-state index is -0.540. The first-order chi connectivity index (χ1) is 10.6. The maximum absolute atomic E-state index is 12.7. The lowest BCUT2D eigenvalue weighted by atomic mass is 9.96. The van der Waals surface area contributed by atoms with E-state index in [0.717, 1.165) is 31.5 Å². The van der Waals surface area contributed by atoms with Gasteiger partial charge >= 0.3 is 0 Å². The van der Waals surface area contributed by atoms with Gasteiger partial charge in [0.1, 0.15) is 5.69 Å². The van der Waals surface area contributed by atoms with Crippen LogP contribution in [0, 0.1) is 5.92 Å². The highest BCUT2D eigenvalue weighted by molar-refractivity contribution is 5.90. The number of amides is 2. The monoisotopic (exact) mass is 304 g/mol. The summed E-state index contributed by atoms with van der Waals surface area (Å²) in [7, 11) is 0. The number of nitrogens with one attached hydrogen (secondary N) is 1. The van der Waals surface area contributed by atoms with Crippen LogP contribution in [0.4, 0.5) is 0 Å². The molecule has 2 fully saturated rings. The molecule has 6 heteroatoms. The molecule has 1 aromatic rings. The van der Waals surface area contributed by atoms with Crippen LogP contribution in [0.5, 0.6) is 0 Å². The molecule has 1 aliphatic heterocycles. The van der Waals surface area contributed by atoms with Crippen LogP contribution < -0.4 is 5.73 Å². The fourth-order valence-corrected chi connectivity index (χ4v) is 3.77. The standard InChI is InChI=1S/C16H24N4O2/c17-16(22)13-10-12(18-19-13)14-7-3-4-8-20(14)15(21)9-11-5-1-2-6-11/h10-11,14H,1-9H2,(H2,17,22)(H,18,19). The number of H-pyrrole nitrogens is 1. The summed E-state index contributed by atoms with van der Waals surface area (Å²) in [5, 5.41) is 6.84. The molecule has 3 rings (SSSR count). The third kappa shape index (κ3) is 3.15. The van der Waals surface area contributed by atoms with Gasteiger partial charge in [0.25, 0.3) is 5.91 Å². The van der Waals surface area contributed by atoms with Crippen molar-refractivity contribution in [3.8, 4) is 0 Å². The quantitative estimate of drug-likeness (QED) is 0.892. The first-order valence-electron chi connectivity index (χ1n) is 8.29. The number of likely N-dealkylation sites (tertiary alicyclic amines) is 1. The van der Waals surface area contributed by atoms with E-state index in [1.165, 1.54) is 25.7 Å². The topological polar surface area (TPSA) is 92.1 Å². The van der Waals surface area contributed by atoms with E-state index in [-0.39, 0.29) is 17.6 Å². The molecule has 1 atom stereocenters. The van der Waals surface area contributed by atoms with Crippen molar-refractivity contribution in [1.82, 2.24) is 15.1 Å². The number of piperidine rings is 1. The molecule has 1 aromatic heterocycles. The van der Waals surface area contributed by atoms with E-state index in [9.17, 15) is 9.59 Å². The van der Waals surface area contributed by atoms with Crippen LogP contribution in [0.1, 0.15) is 73.6 Å². The van der Waals surface area contributed by atoms with E-state index < -0.39 is 5.91 Å². The summed E-state index contributed by atoms with van der Waals surface area (Å²) in [6.07, 6.45) is 8.57. The van der Waals surface area contributed by atoms with Crippen molar-refractivity contribution in [1.29, 1.82) is 0 Å². The van der Waals surface area contributed by atoms with Gasteiger partial charge < -0.3 is 10.6 Å². The second kappa shape index (κ2) is 6.50. The van der Waals surface area contributed by atoms with Crippen molar-refractivity contribution in [3.05, 3.63) is 17.5 Å². The highest BCUT2D eigenvalue weighted by atomic mass is 16.2. The molecule has 2 heterocycles. The molecule has 0 spiro atoms. The second-order valence-corrected chi connectivity index (χ2v) is 6.53. The molecule has 6 nitrogen and oxygen atoms in total. The Hall–Kier alpha value is -1.85. The van der Waals surface area contributed by atoms with Gasteiger partial charge in [0.2, 0.25) is 5.91 Å². The summed E-state index contributed by atoms with van der Waals surface area (Å²) >= 11 is 0. The Morgan fingerprint density at radius 2 is 1.95 bits per heavy atom. The average molecular weight is 304 g/mol. The third-order valence-corrected chi connectivity index (χ3v) is 4.97. The maximum atomic E-state index is 12.7. The van der Waals surface area contributed by atoms with Gasteiger partial charge in [-0.2, -0.15) is 5.10 Å². The van der Waals surface area contributed by atoms with Crippen molar-refractivity contribution >= 4 is 11.8 Å². The van der Waals surface area contributed by atoms with Crippen LogP contribution in [0.3, 0.4) is 0 Å². The molecule has 0 bridgehead atoms. The van der Waals surface area contributed by atoms with E-state index >= 15 is 0 Å². The summed E-state index contributed by atoms with van der Waals surface area (Å²) in [6, 6.07) is 1.69. The minimum Gasteiger partial charge on any atom is -0.364 e. The second-order valence-electron chi connectivity index (χ2n) is 6.53. The molecule has 1 saturated carbocycles. The van der Waals surface area contributed by atoms with Crippen molar-refractivity contribution in [2.75, 3.05) is 6.54 Å². The number of hydrogen-bond acceptors (Lipinski definition) is 3. The van der Waals surface area contributed by atoms with E-state index in [2.05, 4.69) is 10.2 Å². The Labute approximate surface area is 130 Å². The molecule has 1 saturated heterocycles. The minimum absolute atomic E-state index is 0.00301. The van der Waals surface area contributed by atoms with Crippen LogP contribution in [0.15, 0.2) is 6.07 Å². The number of carbonyl (C=O) groups is 2. The first kappa shape index (κ1) is 15.1. The van der Waals surface area contributed by atoms with Crippen LogP contribution in [0.25, 0.3) is 0 Å². The van der Waals surface area contributed by atoms with Gasteiger partial charge in [0, 0.05) is 13.0 Å². The summed E-state index contributed by atoms with van der Waals surface area (Å²) in [4.78, 5) is 25.9. The molecule has 2 aliphatic rings. The Kier molecular flexibility index (Phi) is 4.45. The van der Waals surface area contributed by atoms with Gasteiger partial charge in [0.05, 0.1) is 11.7 Å². The summed E-state index contributed by atoms with van der Waals surface area (Å²) in [5.41, 5.74) is 6.32. The zero-order valence-corrected chi connectivity index (χ0v) is 12.9. The van der Waals surface area contributed by atoms with Crippen LogP contribution in [-0.2, 0) is 4.79 Å². The molecular weight excluding hydrogens is 280 g/mol. The normalized spacial score (nSPS) is 22.9. The molecular formula is C16H24N4O2. The van der Waals surface area contributed by atoms with E-state index in [0.29, 0.717) is 12.3 Å². The number of carbonyl (C=O) groups excluding carboxylic acids is 2. The third-order valence-electron chi connectivity index (χ3n) is 4.97. The molecule has 1 unspecified atom stereocenters. The van der Waals surface area contributed by atoms with E-state index in [1.54, 1.807) is 6.07 Å². The molecule has 3 N–H and O–H groups in total. The van der Waals surface area contributed by atoms with Crippen LogP contribution >= 0.6 is 0 Å². The number of nitrogens with zero attached hydrogens (tertiary/aromatic N) is 2. The highest BCUT2D eigenvalue weighted by Crippen LogP contribution is 2.33. The van der Waals surface area contributed by atoms with Crippen LogP contribution in [0.2, 0.25) is 0 Å². The molecule has 22 heavy (non-hydrogen) atoms. The molecule has 1 aliphatic carbocycles. The lowest BCUT2D eigenvalue weighted by molar-refractivity contribution is -0.136. The lowest BCUT2D eigenvalue weighted by Gasteiger charge is -2.35. The number of primary amides is 1. The van der Waals surface area contributed by atoms with E-state index in [1.807, 2.05) is 4.90 Å². The highest BCUT2D eigenvalue weighted by Gasteiger charge is 2.31. The lowest BCUT2D eigenvalue weighted by Crippen LogP contribution is -2.39. The van der Waals surface area contributed by atoms with Crippen molar-refractivity contribution in [2.24, 2.45) is 11.7 Å². The zero-order chi connectivity index (χ0) is 15.5. The molecule has 0 radical (unpaired) electrons. The Morgan fingerprint density at radius 1 is 1.23 bits per heavy atom.